The lowest BCUT2D eigenvalue weighted by atomic mass is 10.1. The number of imidazole rings is 1. The topological polar surface area (TPSA) is 47.1 Å². The van der Waals surface area contributed by atoms with Gasteiger partial charge in [0.05, 0.1) is 16.7 Å². The molecule has 0 radical (unpaired) electrons. The summed E-state index contributed by atoms with van der Waals surface area (Å²) >= 11 is 0. The number of oxazole rings is 1. The molecule has 0 aliphatic carbocycles. The fourth-order valence-electron chi connectivity index (χ4n) is 4.18. The SMILES string of the molecule is Cc1ccc2c(c1)nc(C)n2Cc1ccc(-c2nc(CN3CCCC3)co2)cc1. The molecule has 29 heavy (non-hydrogen) atoms. The zero-order chi connectivity index (χ0) is 19.8. The Hall–Kier alpha value is -2.92. The fourth-order valence-corrected chi connectivity index (χ4v) is 4.18. The lowest BCUT2D eigenvalue weighted by Gasteiger charge is -2.11. The number of rotatable bonds is 5. The van der Waals surface area contributed by atoms with Crippen molar-refractivity contribution >= 4 is 11.0 Å². The van der Waals surface area contributed by atoms with Gasteiger partial charge in [0.25, 0.3) is 0 Å². The summed E-state index contributed by atoms with van der Waals surface area (Å²) < 4.78 is 8.01. The van der Waals surface area contributed by atoms with Gasteiger partial charge in [0.2, 0.25) is 5.89 Å². The van der Waals surface area contributed by atoms with E-state index >= 15 is 0 Å². The van der Waals surface area contributed by atoms with E-state index in [4.69, 9.17) is 9.40 Å². The van der Waals surface area contributed by atoms with Crippen LogP contribution in [0, 0.1) is 13.8 Å². The van der Waals surface area contributed by atoms with Crippen LogP contribution in [0.4, 0.5) is 0 Å². The summed E-state index contributed by atoms with van der Waals surface area (Å²) in [6.07, 6.45) is 4.37. The molecule has 0 bridgehead atoms. The van der Waals surface area contributed by atoms with Gasteiger partial charge in [0, 0.05) is 18.7 Å². The van der Waals surface area contributed by atoms with Crippen LogP contribution in [0.5, 0.6) is 0 Å². The van der Waals surface area contributed by atoms with Crippen LogP contribution in [0.25, 0.3) is 22.5 Å². The lowest BCUT2D eigenvalue weighted by molar-refractivity contribution is 0.327. The van der Waals surface area contributed by atoms with Crippen LogP contribution in [0.15, 0.2) is 53.1 Å². The number of likely N-dealkylation sites (tertiary alicyclic amines) is 1. The molecule has 0 N–H and O–H groups in total. The van der Waals surface area contributed by atoms with E-state index in [1.54, 1.807) is 6.26 Å². The average Bonchev–Trinajstić information content (AvgIpc) is 3.45. The van der Waals surface area contributed by atoms with E-state index in [0.29, 0.717) is 5.89 Å². The zero-order valence-electron chi connectivity index (χ0n) is 17.1. The number of benzene rings is 2. The molecule has 1 aliphatic rings. The minimum atomic E-state index is 0.700. The first-order valence-corrected chi connectivity index (χ1v) is 10.4. The summed E-state index contributed by atoms with van der Waals surface area (Å²) in [4.78, 5) is 11.8. The molecule has 1 saturated heterocycles. The van der Waals surface area contributed by atoms with Gasteiger partial charge in [-0.3, -0.25) is 4.90 Å². The molecule has 2 aromatic heterocycles. The number of aromatic nitrogens is 3. The van der Waals surface area contributed by atoms with Crippen LogP contribution >= 0.6 is 0 Å². The van der Waals surface area contributed by atoms with Crippen LogP contribution in [0.1, 0.15) is 35.5 Å². The molecule has 3 heterocycles. The van der Waals surface area contributed by atoms with Crippen LogP contribution in [-0.4, -0.2) is 32.5 Å². The standard InChI is InChI=1S/C24H26N4O/c1-17-5-10-23-22(13-17)25-18(2)28(23)14-19-6-8-20(9-7-19)24-26-21(16-29-24)15-27-11-3-4-12-27/h5-10,13,16H,3-4,11-12,14-15H2,1-2H3. The molecular weight excluding hydrogens is 360 g/mol. The summed E-state index contributed by atoms with van der Waals surface area (Å²) in [5, 5.41) is 0. The smallest absolute Gasteiger partial charge is 0.226 e. The van der Waals surface area contributed by atoms with Crippen LogP contribution in [0.2, 0.25) is 0 Å². The Balaban J connectivity index is 1.33. The Morgan fingerprint density at radius 1 is 0.931 bits per heavy atom. The fraction of sp³-hybridized carbons (Fsp3) is 0.333. The molecule has 2 aromatic carbocycles. The van der Waals surface area contributed by atoms with Crippen molar-refractivity contribution in [3.05, 3.63) is 71.4 Å². The molecule has 4 aromatic rings. The first kappa shape index (κ1) is 18.1. The van der Waals surface area contributed by atoms with Crippen molar-refractivity contribution in [2.24, 2.45) is 0 Å². The highest BCUT2D eigenvalue weighted by Gasteiger charge is 2.15. The van der Waals surface area contributed by atoms with Gasteiger partial charge in [-0.1, -0.05) is 18.2 Å². The minimum absolute atomic E-state index is 0.700. The van der Waals surface area contributed by atoms with Crippen LogP contribution < -0.4 is 0 Å². The molecule has 5 heteroatoms. The van der Waals surface area contributed by atoms with Gasteiger partial charge < -0.3 is 8.98 Å². The third kappa shape index (κ3) is 3.70. The molecule has 0 atom stereocenters. The predicted molar refractivity (Wildman–Crippen MR) is 115 cm³/mol. The van der Waals surface area contributed by atoms with E-state index in [2.05, 4.69) is 70.8 Å². The number of nitrogens with zero attached hydrogens (tertiary/aromatic N) is 4. The summed E-state index contributed by atoms with van der Waals surface area (Å²) in [6.45, 7) is 8.19. The van der Waals surface area contributed by atoms with Crippen molar-refractivity contribution in [1.82, 2.24) is 19.4 Å². The summed E-state index contributed by atoms with van der Waals surface area (Å²) in [5.41, 5.74) is 6.74. The van der Waals surface area contributed by atoms with Gasteiger partial charge in [-0.25, -0.2) is 9.97 Å². The summed E-state index contributed by atoms with van der Waals surface area (Å²) in [7, 11) is 0. The Bertz CT molecular complexity index is 1130. The minimum Gasteiger partial charge on any atom is -0.444 e. The van der Waals surface area contributed by atoms with E-state index < -0.39 is 0 Å². The van der Waals surface area contributed by atoms with Crippen LogP contribution in [-0.2, 0) is 13.1 Å². The van der Waals surface area contributed by atoms with Crippen molar-refractivity contribution in [1.29, 1.82) is 0 Å². The van der Waals surface area contributed by atoms with Crippen molar-refractivity contribution < 1.29 is 4.42 Å². The third-order valence-corrected chi connectivity index (χ3v) is 5.77. The molecular formula is C24H26N4O. The second-order valence-corrected chi connectivity index (χ2v) is 8.06. The first-order valence-electron chi connectivity index (χ1n) is 10.4. The normalized spacial score (nSPS) is 14.8. The maximum atomic E-state index is 5.74. The highest BCUT2D eigenvalue weighted by molar-refractivity contribution is 5.77. The zero-order valence-corrected chi connectivity index (χ0v) is 17.1. The Labute approximate surface area is 171 Å². The largest absolute Gasteiger partial charge is 0.444 e. The van der Waals surface area contributed by atoms with Crippen molar-refractivity contribution in [3.63, 3.8) is 0 Å². The van der Waals surface area contributed by atoms with E-state index in [1.807, 2.05) is 0 Å². The molecule has 1 fully saturated rings. The maximum absolute atomic E-state index is 5.74. The highest BCUT2D eigenvalue weighted by atomic mass is 16.3. The maximum Gasteiger partial charge on any atom is 0.226 e. The summed E-state index contributed by atoms with van der Waals surface area (Å²) in [5.74, 6) is 1.74. The lowest BCUT2D eigenvalue weighted by Crippen LogP contribution is -2.18. The molecule has 148 valence electrons. The molecule has 0 amide bonds. The average molecular weight is 386 g/mol. The van der Waals surface area contributed by atoms with E-state index in [-0.39, 0.29) is 0 Å². The second-order valence-electron chi connectivity index (χ2n) is 8.06. The quantitative estimate of drug-likeness (QED) is 0.487. The van der Waals surface area contributed by atoms with Gasteiger partial charge in [0.15, 0.2) is 0 Å². The molecule has 5 rings (SSSR count). The number of hydrogen-bond donors (Lipinski definition) is 0. The molecule has 0 unspecified atom stereocenters. The van der Waals surface area contributed by atoms with Gasteiger partial charge in [-0.05, 0) is 75.2 Å². The van der Waals surface area contributed by atoms with E-state index in [1.165, 1.54) is 42.6 Å². The first-order chi connectivity index (χ1) is 14.2. The molecule has 0 spiro atoms. The Kier molecular flexibility index (Phi) is 4.68. The predicted octanol–water partition coefficient (Wildman–Crippen LogP) is 4.95. The van der Waals surface area contributed by atoms with Crippen molar-refractivity contribution in [3.8, 4) is 11.5 Å². The van der Waals surface area contributed by atoms with Crippen LogP contribution in [0.3, 0.4) is 0 Å². The van der Waals surface area contributed by atoms with Gasteiger partial charge in [0.1, 0.15) is 12.1 Å². The number of fused-ring (bicyclic) bond motifs is 1. The van der Waals surface area contributed by atoms with Crippen molar-refractivity contribution in [2.45, 2.75) is 39.8 Å². The van der Waals surface area contributed by atoms with E-state index in [0.717, 1.165) is 35.7 Å². The Morgan fingerprint density at radius 3 is 2.52 bits per heavy atom. The third-order valence-electron chi connectivity index (χ3n) is 5.77. The molecule has 5 nitrogen and oxygen atoms in total. The van der Waals surface area contributed by atoms with Gasteiger partial charge in [-0.2, -0.15) is 0 Å². The Morgan fingerprint density at radius 2 is 1.72 bits per heavy atom. The van der Waals surface area contributed by atoms with Crippen molar-refractivity contribution in [2.75, 3.05) is 13.1 Å². The summed E-state index contributed by atoms with van der Waals surface area (Å²) in [6, 6.07) is 14.9. The second kappa shape index (κ2) is 7.48. The van der Waals surface area contributed by atoms with Gasteiger partial charge >= 0.3 is 0 Å². The monoisotopic (exact) mass is 386 g/mol. The number of hydrogen-bond acceptors (Lipinski definition) is 4. The number of aryl methyl sites for hydroxylation is 2. The van der Waals surface area contributed by atoms with Gasteiger partial charge in [-0.15, -0.1) is 0 Å². The molecule has 1 aliphatic heterocycles. The molecule has 0 saturated carbocycles. The van der Waals surface area contributed by atoms with E-state index in [9.17, 15) is 0 Å². The highest BCUT2D eigenvalue weighted by Crippen LogP contribution is 2.23.